The van der Waals surface area contributed by atoms with Crippen molar-refractivity contribution in [2.45, 2.75) is 6.92 Å². The maximum atomic E-state index is 5.96. The summed E-state index contributed by atoms with van der Waals surface area (Å²) in [7, 11) is 0. The zero-order valence-corrected chi connectivity index (χ0v) is 8.99. The molecule has 3 heteroatoms. The SMILES string of the molecule is C=C(C)CN1CCOc2cccc(N)c21. The third kappa shape index (κ3) is 1.91. The summed E-state index contributed by atoms with van der Waals surface area (Å²) in [4.78, 5) is 2.22. The lowest BCUT2D eigenvalue weighted by atomic mass is 10.2. The second-order valence-corrected chi connectivity index (χ2v) is 3.92. The van der Waals surface area contributed by atoms with E-state index >= 15 is 0 Å². The van der Waals surface area contributed by atoms with Crippen molar-refractivity contribution < 1.29 is 4.74 Å². The maximum Gasteiger partial charge on any atom is 0.144 e. The highest BCUT2D eigenvalue weighted by molar-refractivity contribution is 5.75. The number of para-hydroxylation sites is 1. The summed E-state index contributed by atoms with van der Waals surface area (Å²) in [5, 5.41) is 0. The first-order valence-corrected chi connectivity index (χ1v) is 5.09. The number of nitrogens with two attached hydrogens (primary N) is 1. The first-order valence-electron chi connectivity index (χ1n) is 5.09. The van der Waals surface area contributed by atoms with Gasteiger partial charge >= 0.3 is 0 Å². The Morgan fingerprint density at radius 2 is 2.40 bits per heavy atom. The third-order valence-electron chi connectivity index (χ3n) is 2.43. The number of fused-ring (bicyclic) bond motifs is 1. The number of nitrogen functional groups attached to an aromatic ring is 1. The lowest BCUT2D eigenvalue weighted by molar-refractivity contribution is 0.309. The molecule has 1 aliphatic heterocycles. The number of rotatable bonds is 2. The largest absolute Gasteiger partial charge is 0.489 e. The minimum Gasteiger partial charge on any atom is -0.489 e. The van der Waals surface area contributed by atoms with Crippen molar-refractivity contribution >= 4 is 11.4 Å². The highest BCUT2D eigenvalue weighted by Gasteiger charge is 2.19. The molecule has 0 unspecified atom stereocenters. The summed E-state index contributed by atoms with van der Waals surface area (Å²) in [6.07, 6.45) is 0. The maximum absolute atomic E-state index is 5.96. The van der Waals surface area contributed by atoms with E-state index in [-0.39, 0.29) is 0 Å². The van der Waals surface area contributed by atoms with Gasteiger partial charge in [-0.3, -0.25) is 0 Å². The number of hydrogen-bond acceptors (Lipinski definition) is 3. The normalized spacial score (nSPS) is 14.3. The molecule has 0 saturated carbocycles. The van der Waals surface area contributed by atoms with E-state index in [4.69, 9.17) is 10.5 Å². The van der Waals surface area contributed by atoms with Crippen molar-refractivity contribution in [3.8, 4) is 5.75 Å². The number of ether oxygens (including phenoxy) is 1. The number of benzene rings is 1. The monoisotopic (exact) mass is 204 g/mol. The van der Waals surface area contributed by atoms with E-state index in [0.717, 1.165) is 35.8 Å². The highest BCUT2D eigenvalue weighted by Crippen LogP contribution is 2.36. The lowest BCUT2D eigenvalue weighted by Crippen LogP contribution is -2.34. The van der Waals surface area contributed by atoms with Crippen molar-refractivity contribution in [3.05, 3.63) is 30.4 Å². The smallest absolute Gasteiger partial charge is 0.144 e. The molecule has 0 spiro atoms. The van der Waals surface area contributed by atoms with Gasteiger partial charge in [0.25, 0.3) is 0 Å². The van der Waals surface area contributed by atoms with Crippen LogP contribution in [0.1, 0.15) is 6.92 Å². The Balaban J connectivity index is 2.36. The molecule has 1 aromatic carbocycles. The number of anilines is 2. The van der Waals surface area contributed by atoms with E-state index in [1.807, 2.05) is 25.1 Å². The molecule has 0 aliphatic carbocycles. The predicted molar refractivity (Wildman–Crippen MR) is 63.4 cm³/mol. The second-order valence-electron chi connectivity index (χ2n) is 3.92. The summed E-state index contributed by atoms with van der Waals surface area (Å²) < 4.78 is 5.56. The Morgan fingerprint density at radius 3 is 3.13 bits per heavy atom. The molecule has 0 saturated heterocycles. The fraction of sp³-hybridized carbons (Fsp3) is 0.333. The van der Waals surface area contributed by atoms with Gasteiger partial charge in [-0.25, -0.2) is 0 Å². The molecule has 0 aromatic heterocycles. The molecule has 80 valence electrons. The molecule has 3 nitrogen and oxygen atoms in total. The van der Waals surface area contributed by atoms with Crippen LogP contribution in [0, 0.1) is 0 Å². The van der Waals surface area contributed by atoms with Crippen molar-refractivity contribution in [2.24, 2.45) is 0 Å². The molecule has 1 aliphatic rings. The zero-order chi connectivity index (χ0) is 10.8. The molecular weight excluding hydrogens is 188 g/mol. The van der Waals surface area contributed by atoms with Gasteiger partial charge in [0.15, 0.2) is 0 Å². The summed E-state index contributed by atoms with van der Waals surface area (Å²) in [5.41, 5.74) is 8.86. The van der Waals surface area contributed by atoms with E-state index in [2.05, 4.69) is 11.5 Å². The van der Waals surface area contributed by atoms with Gasteiger partial charge < -0.3 is 15.4 Å². The first-order chi connectivity index (χ1) is 7.18. The molecule has 0 amide bonds. The van der Waals surface area contributed by atoms with Crippen LogP contribution in [0.25, 0.3) is 0 Å². The zero-order valence-electron chi connectivity index (χ0n) is 8.99. The van der Waals surface area contributed by atoms with Crippen LogP contribution in [-0.4, -0.2) is 19.7 Å². The standard InChI is InChI=1S/C12H16N2O/c1-9(2)8-14-6-7-15-11-5-3-4-10(13)12(11)14/h3-5H,1,6-8,13H2,2H3. The van der Waals surface area contributed by atoms with E-state index < -0.39 is 0 Å². The van der Waals surface area contributed by atoms with Crippen LogP contribution in [0.3, 0.4) is 0 Å². The second kappa shape index (κ2) is 3.85. The first kappa shape index (κ1) is 9.90. The van der Waals surface area contributed by atoms with Crippen LogP contribution in [-0.2, 0) is 0 Å². The molecule has 15 heavy (non-hydrogen) atoms. The van der Waals surface area contributed by atoms with Gasteiger partial charge in [0.05, 0.1) is 12.2 Å². The van der Waals surface area contributed by atoms with E-state index in [1.54, 1.807) is 0 Å². The third-order valence-corrected chi connectivity index (χ3v) is 2.43. The van der Waals surface area contributed by atoms with Crippen LogP contribution < -0.4 is 15.4 Å². The van der Waals surface area contributed by atoms with E-state index in [1.165, 1.54) is 0 Å². The molecule has 0 bridgehead atoms. The van der Waals surface area contributed by atoms with E-state index in [9.17, 15) is 0 Å². The summed E-state index contributed by atoms with van der Waals surface area (Å²) in [5.74, 6) is 0.877. The Hall–Kier alpha value is -1.64. The topological polar surface area (TPSA) is 38.5 Å². The van der Waals surface area contributed by atoms with Crippen molar-refractivity contribution in [1.29, 1.82) is 0 Å². The molecule has 2 N–H and O–H groups in total. The van der Waals surface area contributed by atoms with Crippen LogP contribution >= 0.6 is 0 Å². The van der Waals surface area contributed by atoms with Gasteiger partial charge in [-0.15, -0.1) is 0 Å². The average molecular weight is 204 g/mol. The van der Waals surface area contributed by atoms with Gasteiger partial charge in [-0.1, -0.05) is 18.2 Å². The average Bonchev–Trinajstić information content (AvgIpc) is 2.17. The molecule has 0 radical (unpaired) electrons. The Labute approximate surface area is 90.1 Å². The fourth-order valence-corrected chi connectivity index (χ4v) is 1.86. The molecule has 0 atom stereocenters. The van der Waals surface area contributed by atoms with Crippen molar-refractivity contribution in [3.63, 3.8) is 0 Å². The van der Waals surface area contributed by atoms with E-state index in [0.29, 0.717) is 6.61 Å². The predicted octanol–water partition coefficient (Wildman–Crippen LogP) is 2.04. The number of hydrogen-bond donors (Lipinski definition) is 1. The minimum absolute atomic E-state index is 0.712. The molecular formula is C12H16N2O. The number of nitrogens with zero attached hydrogens (tertiary/aromatic N) is 1. The Bertz CT molecular complexity index is 387. The summed E-state index contributed by atoms with van der Waals surface area (Å²) in [6, 6.07) is 5.77. The Kier molecular flexibility index (Phi) is 2.54. The molecule has 1 aromatic rings. The molecule has 2 rings (SSSR count). The fourth-order valence-electron chi connectivity index (χ4n) is 1.86. The van der Waals surface area contributed by atoms with Gasteiger partial charge in [-0.05, 0) is 19.1 Å². The Morgan fingerprint density at radius 1 is 1.60 bits per heavy atom. The van der Waals surface area contributed by atoms with Crippen molar-refractivity contribution in [2.75, 3.05) is 30.3 Å². The van der Waals surface area contributed by atoms with Crippen molar-refractivity contribution in [1.82, 2.24) is 0 Å². The summed E-state index contributed by atoms with van der Waals surface area (Å²) in [6.45, 7) is 8.37. The van der Waals surface area contributed by atoms with Crippen LogP contribution in [0.15, 0.2) is 30.4 Å². The van der Waals surface area contributed by atoms with Gasteiger partial charge in [0, 0.05) is 6.54 Å². The van der Waals surface area contributed by atoms with Gasteiger partial charge in [0.1, 0.15) is 18.0 Å². The van der Waals surface area contributed by atoms with Crippen LogP contribution in [0.2, 0.25) is 0 Å². The van der Waals surface area contributed by atoms with Crippen LogP contribution in [0.4, 0.5) is 11.4 Å². The highest BCUT2D eigenvalue weighted by atomic mass is 16.5. The quantitative estimate of drug-likeness (QED) is 0.592. The van der Waals surface area contributed by atoms with Gasteiger partial charge in [-0.2, -0.15) is 0 Å². The van der Waals surface area contributed by atoms with Gasteiger partial charge in [0.2, 0.25) is 0 Å². The molecule has 1 heterocycles. The molecule has 0 fully saturated rings. The summed E-state index contributed by atoms with van der Waals surface area (Å²) >= 11 is 0. The minimum atomic E-state index is 0.712. The lowest BCUT2D eigenvalue weighted by Gasteiger charge is -2.32. The van der Waals surface area contributed by atoms with Crippen LogP contribution in [0.5, 0.6) is 5.75 Å².